The van der Waals surface area contributed by atoms with Crippen molar-refractivity contribution < 1.29 is 71.5 Å². The van der Waals surface area contributed by atoms with Crippen molar-refractivity contribution in [3.05, 3.63) is 0 Å². The Morgan fingerprint density at radius 2 is 0.784 bits per heavy atom. The van der Waals surface area contributed by atoms with Crippen LogP contribution in [0.2, 0.25) is 0 Å². The second kappa shape index (κ2) is 24.8. The number of carbonyl (C=O) groups is 3. The van der Waals surface area contributed by atoms with Gasteiger partial charge in [-0.1, -0.05) is 127 Å². The number of carbonyl (C=O) groups excluding carboxylic acids is 3. The summed E-state index contributed by atoms with van der Waals surface area (Å²) in [5.74, 6) is -2.73. The van der Waals surface area contributed by atoms with Crippen LogP contribution in [0.4, 0.5) is 0 Å². The van der Waals surface area contributed by atoms with Crippen molar-refractivity contribution in [1.82, 2.24) is 0 Å². The molecule has 0 spiro atoms. The quantitative estimate of drug-likeness (QED) is 0.188. The summed E-state index contributed by atoms with van der Waals surface area (Å²) in [6.45, 7) is 17.2. The summed E-state index contributed by atoms with van der Waals surface area (Å²) in [6, 6.07) is 0. The molecule has 0 amide bonds. The molecule has 0 aromatic rings. The topological polar surface area (TPSA) is 120 Å². The van der Waals surface area contributed by atoms with Crippen molar-refractivity contribution in [2.24, 2.45) is 16.2 Å². The Morgan fingerprint density at radius 1 is 0.486 bits per heavy atom. The molecule has 2 unspecified atom stereocenters. The van der Waals surface area contributed by atoms with Gasteiger partial charge in [-0.05, 0) is 32.1 Å². The van der Waals surface area contributed by atoms with Gasteiger partial charge < -0.3 is 29.7 Å². The van der Waals surface area contributed by atoms with Crippen molar-refractivity contribution in [2.45, 2.75) is 159 Å². The zero-order chi connectivity index (χ0) is 28.8. The third-order valence-electron chi connectivity index (χ3n) is 7.42. The second-order valence-corrected chi connectivity index (χ2v) is 11.3. The normalized spacial score (nSPS) is 13.9. The Balaban J connectivity index is -0.000000218. The zero-order valence-corrected chi connectivity index (χ0v) is 28.7. The van der Waals surface area contributed by atoms with Gasteiger partial charge in [-0.15, -0.1) is 0 Å². The van der Waals surface area contributed by atoms with Crippen LogP contribution < -0.4 is 15.3 Å². The van der Waals surface area contributed by atoms with E-state index in [2.05, 4.69) is 20.8 Å². The molecule has 0 aliphatic heterocycles. The Labute approximate surface area is 262 Å². The van der Waals surface area contributed by atoms with Crippen LogP contribution >= 0.6 is 0 Å². The van der Waals surface area contributed by atoms with Crippen molar-refractivity contribution in [3.8, 4) is 0 Å². The van der Waals surface area contributed by atoms with Gasteiger partial charge >= 0.3 is 41.7 Å². The van der Waals surface area contributed by atoms with E-state index in [9.17, 15) is 29.7 Å². The molecule has 0 rings (SSSR count). The summed E-state index contributed by atoms with van der Waals surface area (Å²) in [5.41, 5.74) is -1.85. The average molecular weight is 654 g/mol. The smallest absolute Gasteiger partial charge is 0.550 e. The monoisotopic (exact) mass is 653 g/mol. The van der Waals surface area contributed by atoms with Crippen molar-refractivity contribution in [2.75, 3.05) is 0 Å². The summed E-state index contributed by atoms with van der Waals surface area (Å²) >= 11 is 0. The first-order valence-corrected chi connectivity index (χ1v) is 14.3. The van der Waals surface area contributed by atoms with Gasteiger partial charge in [0.2, 0.25) is 0 Å². The molecule has 217 valence electrons. The molecule has 0 aliphatic carbocycles. The maximum atomic E-state index is 10.7. The minimum atomic E-state index is -0.931. The number of unbranched alkanes of at least 4 members (excludes halogenated alkanes) is 7. The third kappa shape index (κ3) is 22.3. The molecule has 2 atom stereocenters. The SMILES string of the molecule is CCCCCC(C)(CC)C(=O)[O-].CCCCCC(C)(CC)C(=O)[O-].CCCCCCC(C)(C)C(=O)[O-].[Ce+3]. The van der Waals surface area contributed by atoms with E-state index in [4.69, 9.17) is 0 Å². The van der Waals surface area contributed by atoms with E-state index >= 15 is 0 Å². The fraction of sp³-hybridized carbons (Fsp3) is 0.900. The average Bonchev–Trinajstić information content (AvgIpc) is 2.82. The van der Waals surface area contributed by atoms with Gasteiger partial charge in [0.05, 0.1) is 0 Å². The maximum absolute atomic E-state index is 10.7. The molecule has 7 heteroatoms. The summed E-state index contributed by atoms with van der Waals surface area (Å²) in [6.07, 6.45) is 14.6. The molecule has 0 heterocycles. The number of carboxylic acid groups (broad SMARTS) is 3. The van der Waals surface area contributed by atoms with Crippen LogP contribution in [-0.4, -0.2) is 17.9 Å². The van der Waals surface area contributed by atoms with E-state index in [1.807, 2.05) is 13.8 Å². The molecule has 0 fully saturated rings. The minimum absolute atomic E-state index is 0. The van der Waals surface area contributed by atoms with E-state index in [1.165, 1.54) is 12.8 Å². The van der Waals surface area contributed by atoms with Gasteiger partial charge in [-0.3, -0.25) is 0 Å². The first-order valence-electron chi connectivity index (χ1n) is 14.3. The largest absolute Gasteiger partial charge is 3.00 e. The molecule has 0 saturated heterocycles. The third-order valence-corrected chi connectivity index (χ3v) is 7.42. The Morgan fingerprint density at radius 3 is 1.03 bits per heavy atom. The zero-order valence-electron chi connectivity index (χ0n) is 25.6. The predicted octanol–water partition coefficient (Wildman–Crippen LogP) is 5.20. The Kier molecular flexibility index (Phi) is 29.4. The molecule has 6 nitrogen and oxygen atoms in total. The van der Waals surface area contributed by atoms with E-state index < -0.39 is 34.2 Å². The van der Waals surface area contributed by atoms with Crippen LogP contribution in [0.5, 0.6) is 0 Å². The molecule has 0 saturated carbocycles. The number of rotatable bonds is 18. The fourth-order valence-electron chi connectivity index (χ4n) is 3.47. The van der Waals surface area contributed by atoms with Gasteiger partial charge in [0.1, 0.15) is 0 Å². The number of carboxylic acids is 3. The van der Waals surface area contributed by atoms with Crippen LogP contribution in [0.25, 0.3) is 0 Å². The Bertz CT molecular complexity index is 559. The van der Waals surface area contributed by atoms with E-state index in [0.717, 1.165) is 70.6 Å². The standard InChI is InChI=1S/3C10H20O2.Ce/c1-4-5-6-7-8-10(2,3)9(11)12;2*1-4-6-7-8-10(3,5-2)9(11)12;/h3*4-8H2,1-3H3,(H,11,12);/q;;;+3/p-3. The van der Waals surface area contributed by atoms with Crippen LogP contribution in [0.15, 0.2) is 0 Å². The molecule has 0 aliphatic rings. The van der Waals surface area contributed by atoms with E-state index in [1.54, 1.807) is 27.7 Å². The van der Waals surface area contributed by atoms with Gasteiger partial charge in [-0.2, -0.15) is 0 Å². The molecule has 1 radical (unpaired) electrons. The second-order valence-electron chi connectivity index (χ2n) is 11.3. The van der Waals surface area contributed by atoms with Crippen molar-refractivity contribution in [3.63, 3.8) is 0 Å². The first-order chi connectivity index (χ1) is 16.6. The maximum Gasteiger partial charge on any atom is 3.00 e. The van der Waals surface area contributed by atoms with Crippen LogP contribution in [0.1, 0.15) is 159 Å². The molecule has 0 aromatic heterocycles. The van der Waals surface area contributed by atoms with Crippen LogP contribution in [0.3, 0.4) is 0 Å². The first kappa shape index (κ1) is 43.8. The van der Waals surface area contributed by atoms with E-state index in [-0.39, 0.29) is 41.7 Å². The summed E-state index contributed by atoms with van der Waals surface area (Å²) in [5, 5.41) is 32.0. The number of hydrogen-bond donors (Lipinski definition) is 0. The molecule has 0 bridgehead atoms. The van der Waals surface area contributed by atoms with Crippen molar-refractivity contribution >= 4 is 17.9 Å². The fourth-order valence-corrected chi connectivity index (χ4v) is 3.47. The molecule has 0 N–H and O–H groups in total. The predicted molar refractivity (Wildman–Crippen MR) is 143 cm³/mol. The summed E-state index contributed by atoms with van der Waals surface area (Å²) in [7, 11) is 0. The molecular weight excluding hydrogens is 596 g/mol. The molecule has 0 aromatic carbocycles. The Hall–Kier alpha value is -0.213. The minimum Gasteiger partial charge on any atom is -0.550 e. The summed E-state index contributed by atoms with van der Waals surface area (Å²) < 4.78 is 0. The van der Waals surface area contributed by atoms with Gasteiger partial charge in [0.15, 0.2) is 0 Å². The van der Waals surface area contributed by atoms with Crippen LogP contribution in [-0.2, 0) is 14.4 Å². The van der Waals surface area contributed by atoms with Crippen molar-refractivity contribution in [1.29, 1.82) is 0 Å². The van der Waals surface area contributed by atoms with Gasteiger partial charge in [-0.25, -0.2) is 0 Å². The molecule has 37 heavy (non-hydrogen) atoms. The summed E-state index contributed by atoms with van der Waals surface area (Å²) in [4.78, 5) is 32.0. The number of hydrogen-bond acceptors (Lipinski definition) is 6. The number of aliphatic carboxylic acids is 3. The van der Waals surface area contributed by atoms with Gasteiger partial charge in [0, 0.05) is 34.2 Å². The van der Waals surface area contributed by atoms with Gasteiger partial charge in [0.25, 0.3) is 0 Å². The van der Waals surface area contributed by atoms with Crippen LogP contribution in [0, 0.1) is 58.0 Å². The molecular formula is C30H57CeO6. The van der Waals surface area contributed by atoms with E-state index in [0.29, 0.717) is 12.8 Å².